The molecule has 2 heterocycles. The Bertz CT molecular complexity index is 535. The summed E-state index contributed by atoms with van der Waals surface area (Å²) in [5.41, 5.74) is 2.05. The molecule has 5 nitrogen and oxygen atoms in total. The standard InChI is InChI=1S/C14H16N2O3/c17-13(11-2-1-6-15-11)16-7-5-9-3-4-10(14(18)19)8-12(9)16/h3-4,8,11,15H,1-2,5-7H2,(H,18,19)/t11-/m0/s1. The Hall–Kier alpha value is -1.88. The third kappa shape index (κ3) is 2.10. The molecule has 1 saturated heterocycles. The van der Waals surface area contributed by atoms with Gasteiger partial charge in [-0.1, -0.05) is 6.07 Å². The molecule has 19 heavy (non-hydrogen) atoms. The zero-order valence-electron chi connectivity index (χ0n) is 10.6. The molecule has 1 aromatic carbocycles. The lowest BCUT2D eigenvalue weighted by Crippen LogP contribution is -2.43. The van der Waals surface area contributed by atoms with Crippen molar-refractivity contribution >= 4 is 17.6 Å². The molecule has 0 unspecified atom stereocenters. The molecular formula is C14H16N2O3. The number of fused-ring (bicyclic) bond motifs is 1. The summed E-state index contributed by atoms with van der Waals surface area (Å²) in [6, 6.07) is 4.91. The van der Waals surface area contributed by atoms with Gasteiger partial charge in [-0.3, -0.25) is 4.79 Å². The first-order valence-electron chi connectivity index (χ1n) is 6.58. The minimum absolute atomic E-state index is 0.0683. The molecule has 5 heteroatoms. The first kappa shape index (κ1) is 12.2. The van der Waals surface area contributed by atoms with Gasteiger partial charge < -0.3 is 15.3 Å². The second-order valence-corrected chi connectivity index (χ2v) is 5.04. The average molecular weight is 260 g/mol. The van der Waals surface area contributed by atoms with Crippen LogP contribution in [-0.2, 0) is 11.2 Å². The summed E-state index contributed by atoms with van der Waals surface area (Å²) < 4.78 is 0. The second kappa shape index (κ2) is 4.66. The van der Waals surface area contributed by atoms with Crippen LogP contribution in [0.4, 0.5) is 5.69 Å². The average Bonchev–Trinajstić information content (AvgIpc) is 3.06. The smallest absolute Gasteiger partial charge is 0.335 e. The number of carbonyl (C=O) groups excluding carboxylic acids is 1. The van der Waals surface area contributed by atoms with Crippen LogP contribution in [0.25, 0.3) is 0 Å². The number of hydrogen-bond donors (Lipinski definition) is 2. The Balaban J connectivity index is 1.89. The Morgan fingerprint density at radius 2 is 2.21 bits per heavy atom. The molecular weight excluding hydrogens is 244 g/mol. The van der Waals surface area contributed by atoms with Crippen molar-refractivity contribution in [2.45, 2.75) is 25.3 Å². The van der Waals surface area contributed by atoms with Crippen LogP contribution in [0, 0.1) is 0 Å². The summed E-state index contributed by atoms with van der Waals surface area (Å²) in [4.78, 5) is 25.2. The fourth-order valence-corrected chi connectivity index (χ4v) is 2.82. The van der Waals surface area contributed by atoms with Gasteiger partial charge in [-0.15, -0.1) is 0 Å². The van der Waals surface area contributed by atoms with Crippen molar-refractivity contribution in [1.82, 2.24) is 5.32 Å². The molecule has 0 aromatic heterocycles. The van der Waals surface area contributed by atoms with Gasteiger partial charge in [0.25, 0.3) is 0 Å². The number of nitrogens with one attached hydrogen (secondary N) is 1. The fraction of sp³-hybridized carbons (Fsp3) is 0.429. The van der Waals surface area contributed by atoms with Crippen molar-refractivity contribution in [3.05, 3.63) is 29.3 Å². The first-order chi connectivity index (χ1) is 9.16. The quantitative estimate of drug-likeness (QED) is 0.833. The van der Waals surface area contributed by atoms with Crippen LogP contribution in [0.5, 0.6) is 0 Å². The summed E-state index contributed by atoms with van der Waals surface area (Å²) in [5.74, 6) is -0.889. The highest BCUT2D eigenvalue weighted by atomic mass is 16.4. The maximum atomic E-state index is 12.4. The van der Waals surface area contributed by atoms with Gasteiger partial charge in [-0.05, 0) is 43.5 Å². The zero-order chi connectivity index (χ0) is 13.4. The van der Waals surface area contributed by atoms with Gasteiger partial charge in [0.05, 0.1) is 11.6 Å². The molecule has 0 spiro atoms. The maximum Gasteiger partial charge on any atom is 0.335 e. The molecule has 1 atom stereocenters. The van der Waals surface area contributed by atoms with Crippen molar-refractivity contribution < 1.29 is 14.7 Å². The number of carboxylic acids is 1. The largest absolute Gasteiger partial charge is 0.478 e. The molecule has 1 fully saturated rings. The van der Waals surface area contributed by atoms with E-state index < -0.39 is 5.97 Å². The van der Waals surface area contributed by atoms with Crippen LogP contribution in [0.2, 0.25) is 0 Å². The van der Waals surface area contributed by atoms with E-state index in [1.54, 1.807) is 17.0 Å². The number of aromatic carboxylic acids is 1. The van der Waals surface area contributed by atoms with Gasteiger partial charge >= 0.3 is 5.97 Å². The van der Waals surface area contributed by atoms with E-state index in [1.165, 1.54) is 0 Å². The predicted octanol–water partition coefficient (Wildman–Crippen LogP) is 1.03. The molecule has 0 saturated carbocycles. The number of carbonyl (C=O) groups is 2. The van der Waals surface area contributed by atoms with Crippen LogP contribution < -0.4 is 10.2 Å². The Morgan fingerprint density at radius 1 is 1.37 bits per heavy atom. The second-order valence-electron chi connectivity index (χ2n) is 5.04. The van der Waals surface area contributed by atoms with E-state index in [0.29, 0.717) is 6.54 Å². The van der Waals surface area contributed by atoms with Crippen LogP contribution in [0.1, 0.15) is 28.8 Å². The lowest BCUT2D eigenvalue weighted by Gasteiger charge is -2.21. The molecule has 2 N–H and O–H groups in total. The van der Waals surface area contributed by atoms with E-state index in [0.717, 1.165) is 37.1 Å². The number of nitrogens with zero attached hydrogens (tertiary/aromatic N) is 1. The summed E-state index contributed by atoms with van der Waals surface area (Å²) in [7, 11) is 0. The monoisotopic (exact) mass is 260 g/mol. The van der Waals surface area contributed by atoms with Crippen LogP contribution in [0.3, 0.4) is 0 Å². The van der Waals surface area contributed by atoms with Gasteiger partial charge in [0, 0.05) is 12.2 Å². The summed E-state index contributed by atoms with van der Waals surface area (Å²) in [6.45, 7) is 1.53. The van der Waals surface area contributed by atoms with Crippen molar-refractivity contribution in [1.29, 1.82) is 0 Å². The lowest BCUT2D eigenvalue weighted by atomic mass is 10.1. The summed E-state index contributed by atoms with van der Waals surface area (Å²) >= 11 is 0. The fourth-order valence-electron chi connectivity index (χ4n) is 2.82. The Kier molecular flexibility index (Phi) is 2.98. The number of carboxylic acid groups (broad SMARTS) is 1. The maximum absolute atomic E-state index is 12.4. The van der Waals surface area contributed by atoms with E-state index in [-0.39, 0.29) is 17.5 Å². The first-order valence-corrected chi connectivity index (χ1v) is 6.58. The molecule has 0 aliphatic carbocycles. The minimum atomic E-state index is -0.957. The van der Waals surface area contributed by atoms with Gasteiger partial charge in [-0.2, -0.15) is 0 Å². The minimum Gasteiger partial charge on any atom is -0.478 e. The molecule has 2 aliphatic heterocycles. The zero-order valence-corrected chi connectivity index (χ0v) is 10.6. The van der Waals surface area contributed by atoms with Gasteiger partial charge in [0.1, 0.15) is 0 Å². The number of anilines is 1. The van der Waals surface area contributed by atoms with Crippen LogP contribution >= 0.6 is 0 Å². The number of benzene rings is 1. The number of rotatable bonds is 2. The number of amides is 1. The third-order valence-corrected chi connectivity index (χ3v) is 3.85. The van der Waals surface area contributed by atoms with E-state index in [9.17, 15) is 9.59 Å². The molecule has 1 aromatic rings. The topological polar surface area (TPSA) is 69.6 Å². The molecule has 100 valence electrons. The SMILES string of the molecule is O=C(O)c1ccc2c(c1)N(C(=O)[C@@H]1CCCN1)CC2. The highest BCUT2D eigenvalue weighted by Gasteiger charge is 2.31. The molecule has 1 amide bonds. The van der Waals surface area contributed by atoms with Crippen molar-refractivity contribution in [3.8, 4) is 0 Å². The number of hydrogen-bond acceptors (Lipinski definition) is 3. The Labute approximate surface area is 111 Å². The van der Waals surface area contributed by atoms with Crippen LogP contribution in [-0.4, -0.2) is 36.1 Å². The molecule has 2 aliphatic rings. The lowest BCUT2D eigenvalue weighted by molar-refractivity contribution is -0.120. The summed E-state index contributed by atoms with van der Waals surface area (Å²) in [6.07, 6.45) is 2.68. The third-order valence-electron chi connectivity index (χ3n) is 3.85. The summed E-state index contributed by atoms with van der Waals surface area (Å²) in [5, 5.41) is 12.2. The molecule has 0 radical (unpaired) electrons. The van der Waals surface area contributed by atoms with Crippen molar-refractivity contribution in [3.63, 3.8) is 0 Å². The van der Waals surface area contributed by atoms with Gasteiger partial charge in [0.15, 0.2) is 0 Å². The van der Waals surface area contributed by atoms with Crippen LogP contribution in [0.15, 0.2) is 18.2 Å². The van der Waals surface area contributed by atoms with Crippen molar-refractivity contribution in [2.24, 2.45) is 0 Å². The van der Waals surface area contributed by atoms with E-state index in [1.807, 2.05) is 6.07 Å². The Morgan fingerprint density at radius 3 is 2.89 bits per heavy atom. The predicted molar refractivity (Wildman–Crippen MR) is 70.5 cm³/mol. The van der Waals surface area contributed by atoms with Gasteiger partial charge in [0.2, 0.25) is 5.91 Å². The highest BCUT2D eigenvalue weighted by molar-refractivity contribution is 6.00. The highest BCUT2D eigenvalue weighted by Crippen LogP contribution is 2.30. The van der Waals surface area contributed by atoms with E-state index in [2.05, 4.69) is 5.32 Å². The van der Waals surface area contributed by atoms with E-state index in [4.69, 9.17) is 5.11 Å². The van der Waals surface area contributed by atoms with Crippen molar-refractivity contribution in [2.75, 3.05) is 18.0 Å². The van der Waals surface area contributed by atoms with E-state index >= 15 is 0 Å². The molecule has 0 bridgehead atoms. The van der Waals surface area contributed by atoms with Gasteiger partial charge in [-0.25, -0.2) is 4.79 Å². The normalized spacial score (nSPS) is 21.5. The molecule has 3 rings (SSSR count).